The molecule has 2 N–H and O–H groups in total. The van der Waals surface area contributed by atoms with E-state index in [0.29, 0.717) is 5.69 Å². The Bertz CT molecular complexity index is 434. The van der Waals surface area contributed by atoms with Crippen molar-refractivity contribution in [2.45, 2.75) is 0 Å². The fraction of sp³-hybridized carbons (Fsp3) is 0. The number of rotatable bonds is 1. The van der Waals surface area contributed by atoms with E-state index >= 15 is 0 Å². The third-order valence-corrected chi connectivity index (χ3v) is 1.98. The van der Waals surface area contributed by atoms with Gasteiger partial charge in [0.05, 0.1) is 0 Å². The summed E-state index contributed by atoms with van der Waals surface area (Å²) in [4.78, 5) is 0. The maximum Gasteiger partial charge on any atom is 0.123 e. The second-order valence-corrected chi connectivity index (χ2v) is 3.04. The van der Waals surface area contributed by atoms with Crippen LogP contribution in [0, 0.1) is 11.9 Å². The van der Waals surface area contributed by atoms with Crippen molar-refractivity contribution < 1.29 is 4.39 Å². The van der Waals surface area contributed by atoms with Crippen molar-refractivity contribution in [3.05, 3.63) is 54.3 Å². The summed E-state index contributed by atoms with van der Waals surface area (Å²) in [6.45, 7) is 0. The highest BCUT2D eigenvalue weighted by atomic mass is 19.1. The normalized spacial score (nSPS) is 10.1. The van der Waals surface area contributed by atoms with E-state index in [9.17, 15) is 4.39 Å². The van der Waals surface area contributed by atoms with Crippen molar-refractivity contribution >= 4 is 5.69 Å². The molecule has 0 aromatic heterocycles. The standard InChI is InChI=1S/C12H9FN/c13-11-6-4-9(5-7-11)10-2-1-3-12(14)8-10/h1,3-8H,14H2. The van der Waals surface area contributed by atoms with Gasteiger partial charge in [-0.05, 0) is 41.5 Å². The molecule has 0 aliphatic carbocycles. The summed E-state index contributed by atoms with van der Waals surface area (Å²) >= 11 is 0. The van der Waals surface area contributed by atoms with Crippen LogP contribution in [0.25, 0.3) is 11.1 Å². The largest absolute Gasteiger partial charge is 0.399 e. The zero-order valence-electron chi connectivity index (χ0n) is 7.50. The van der Waals surface area contributed by atoms with Crippen LogP contribution >= 0.6 is 0 Å². The van der Waals surface area contributed by atoms with Crippen molar-refractivity contribution in [3.8, 4) is 11.1 Å². The minimum atomic E-state index is -0.238. The molecule has 0 atom stereocenters. The minimum absolute atomic E-state index is 0.238. The molecule has 2 aromatic carbocycles. The number of benzene rings is 2. The van der Waals surface area contributed by atoms with Gasteiger partial charge in [0.2, 0.25) is 0 Å². The van der Waals surface area contributed by atoms with Gasteiger partial charge in [0, 0.05) is 5.69 Å². The van der Waals surface area contributed by atoms with E-state index in [1.54, 1.807) is 24.3 Å². The summed E-state index contributed by atoms with van der Waals surface area (Å²) in [5.41, 5.74) is 8.11. The fourth-order valence-electron chi connectivity index (χ4n) is 1.28. The molecule has 0 heterocycles. The Morgan fingerprint density at radius 1 is 1.07 bits per heavy atom. The molecule has 0 amide bonds. The first-order chi connectivity index (χ1) is 6.75. The molecule has 2 heteroatoms. The number of nitrogen functional groups attached to an aromatic ring is 1. The second kappa shape index (κ2) is 3.50. The molecule has 0 aliphatic rings. The molecule has 1 nitrogen and oxygen atoms in total. The minimum Gasteiger partial charge on any atom is -0.399 e. The van der Waals surface area contributed by atoms with E-state index in [4.69, 9.17) is 5.73 Å². The third kappa shape index (κ3) is 1.74. The Morgan fingerprint density at radius 2 is 1.79 bits per heavy atom. The van der Waals surface area contributed by atoms with Gasteiger partial charge in [-0.3, -0.25) is 0 Å². The highest BCUT2D eigenvalue weighted by molar-refractivity contribution is 5.66. The quantitative estimate of drug-likeness (QED) is 0.681. The predicted octanol–water partition coefficient (Wildman–Crippen LogP) is 2.88. The van der Waals surface area contributed by atoms with Gasteiger partial charge in [-0.1, -0.05) is 18.2 Å². The Balaban J connectivity index is 2.44. The van der Waals surface area contributed by atoms with Crippen molar-refractivity contribution in [1.29, 1.82) is 0 Å². The van der Waals surface area contributed by atoms with Gasteiger partial charge in [-0.2, -0.15) is 0 Å². The summed E-state index contributed by atoms with van der Waals surface area (Å²) < 4.78 is 12.6. The highest BCUT2D eigenvalue weighted by Gasteiger charge is 1.97. The van der Waals surface area contributed by atoms with E-state index in [1.165, 1.54) is 12.1 Å². The summed E-state index contributed by atoms with van der Waals surface area (Å²) in [5.74, 6) is -0.238. The lowest BCUT2D eigenvalue weighted by Gasteiger charge is -2.01. The van der Waals surface area contributed by atoms with Crippen molar-refractivity contribution in [2.24, 2.45) is 0 Å². The van der Waals surface area contributed by atoms with E-state index in [0.717, 1.165) is 11.1 Å². The van der Waals surface area contributed by atoms with Crippen LogP contribution in [0.3, 0.4) is 0 Å². The zero-order valence-corrected chi connectivity index (χ0v) is 7.50. The Morgan fingerprint density at radius 3 is 2.43 bits per heavy atom. The smallest absolute Gasteiger partial charge is 0.123 e. The molecule has 2 aromatic rings. The number of nitrogens with two attached hydrogens (primary N) is 1. The predicted molar refractivity (Wildman–Crippen MR) is 55.1 cm³/mol. The van der Waals surface area contributed by atoms with Crippen molar-refractivity contribution in [3.63, 3.8) is 0 Å². The van der Waals surface area contributed by atoms with Crippen molar-refractivity contribution in [1.82, 2.24) is 0 Å². The average Bonchev–Trinajstić information content (AvgIpc) is 2.19. The molecular formula is C12H9FN. The Hall–Kier alpha value is -1.83. The highest BCUT2D eigenvalue weighted by Crippen LogP contribution is 2.20. The van der Waals surface area contributed by atoms with Crippen LogP contribution in [-0.4, -0.2) is 0 Å². The molecule has 0 saturated carbocycles. The molecule has 0 spiro atoms. The number of anilines is 1. The summed E-state index contributed by atoms with van der Waals surface area (Å²) in [6, 6.07) is 14.6. The molecule has 0 saturated heterocycles. The second-order valence-electron chi connectivity index (χ2n) is 3.04. The summed E-state index contributed by atoms with van der Waals surface area (Å²) in [7, 11) is 0. The molecule has 69 valence electrons. The Kier molecular flexibility index (Phi) is 2.19. The van der Waals surface area contributed by atoms with Crippen molar-refractivity contribution in [2.75, 3.05) is 5.73 Å². The number of hydrogen-bond acceptors (Lipinski definition) is 1. The van der Waals surface area contributed by atoms with Crippen LogP contribution in [0.4, 0.5) is 10.1 Å². The number of halogens is 1. The van der Waals surface area contributed by atoms with Gasteiger partial charge in [-0.15, -0.1) is 0 Å². The van der Waals surface area contributed by atoms with Gasteiger partial charge in [0.1, 0.15) is 5.82 Å². The first kappa shape index (κ1) is 8.75. The monoisotopic (exact) mass is 186 g/mol. The maximum absolute atomic E-state index is 12.6. The first-order valence-electron chi connectivity index (χ1n) is 4.29. The fourth-order valence-corrected chi connectivity index (χ4v) is 1.28. The van der Waals surface area contributed by atoms with Crippen LogP contribution in [0.1, 0.15) is 0 Å². The van der Waals surface area contributed by atoms with E-state index in [1.807, 2.05) is 6.07 Å². The lowest BCUT2D eigenvalue weighted by Crippen LogP contribution is -1.85. The van der Waals surface area contributed by atoms with Gasteiger partial charge >= 0.3 is 0 Å². The molecule has 0 unspecified atom stereocenters. The zero-order chi connectivity index (χ0) is 9.97. The SMILES string of the molecule is Nc1cc[c]c(-c2ccc(F)cc2)c1. The van der Waals surface area contributed by atoms with Crippen LogP contribution in [0.2, 0.25) is 0 Å². The molecular weight excluding hydrogens is 177 g/mol. The molecule has 14 heavy (non-hydrogen) atoms. The topological polar surface area (TPSA) is 26.0 Å². The van der Waals surface area contributed by atoms with Crippen LogP contribution < -0.4 is 5.73 Å². The molecule has 1 radical (unpaired) electrons. The first-order valence-corrected chi connectivity index (χ1v) is 4.29. The van der Waals surface area contributed by atoms with Gasteiger partial charge in [-0.25, -0.2) is 4.39 Å². The number of hydrogen-bond donors (Lipinski definition) is 1. The van der Waals surface area contributed by atoms with Gasteiger partial charge < -0.3 is 5.73 Å². The molecule has 0 fully saturated rings. The molecule has 0 bridgehead atoms. The Labute approximate surface area is 82.0 Å². The van der Waals surface area contributed by atoms with Crippen LogP contribution in [0.15, 0.2) is 42.5 Å². The molecule has 0 aliphatic heterocycles. The average molecular weight is 186 g/mol. The van der Waals surface area contributed by atoms with Gasteiger partial charge in [0.25, 0.3) is 0 Å². The third-order valence-electron chi connectivity index (χ3n) is 1.98. The van der Waals surface area contributed by atoms with Crippen LogP contribution in [-0.2, 0) is 0 Å². The summed E-state index contributed by atoms with van der Waals surface area (Å²) in [5, 5.41) is 0. The maximum atomic E-state index is 12.6. The molecule has 2 rings (SSSR count). The lowest BCUT2D eigenvalue weighted by molar-refractivity contribution is 0.628. The van der Waals surface area contributed by atoms with E-state index in [-0.39, 0.29) is 5.82 Å². The summed E-state index contributed by atoms with van der Waals surface area (Å²) in [6.07, 6.45) is 0. The lowest BCUT2D eigenvalue weighted by atomic mass is 10.1. The van der Waals surface area contributed by atoms with Gasteiger partial charge in [0.15, 0.2) is 0 Å². The van der Waals surface area contributed by atoms with Crippen LogP contribution in [0.5, 0.6) is 0 Å². The van der Waals surface area contributed by atoms with E-state index < -0.39 is 0 Å². The van der Waals surface area contributed by atoms with E-state index in [2.05, 4.69) is 6.07 Å².